The molecule has 1 N–H and O–H groups in total. The Morgan fingerprint density at radius 2 is 2.04 bits per heavy atom. The molecule has 0 aliphatic carbocycles. The van der Waals surface area contributed by atoms with E-state index in [0.717, 1.165) is 23.2 Å². The van der Waals surface area contributed by atoms with Gasteiger partial charge in [-0.15, -0.1) is 11.6 Å². The number of halogens is 1. The third-order valence-electron chi connectivity index (χ3n) is 5.29. The lowest BCUT2D eigenvalue weighted by molar-refractivity contribution is 0.488. The SMILES string of the molecule is C=C/C=c1/c2c(cc(O[Si](C)(C)C(C)(C)C)/c1=C/C)NCC2CCl. The molecule has 1 unspecified atom stereocenters. The molecule has 1 aliphatic heterocycles. The van der Waals surface area contributed by atoms with Gasteiger partial charge in [0.15, 0.2) is 0 Å². The van der Waals surface area contributed by atoms with Crippen LogP contribution in [0, 0.1) is 0 Å². The minimum atomic E-state index is -1.91. The van der Waals surface area contributed by atoms with Crippen molar-refractivity contribution in [1.29, 1.82) is 0 Å². The summed E-state index contributed by atoms with van der Waals surface area (Å²) in [5, 5.41) is 6.00. The van der Waals surface area contributed by atoms with Crippen LogP contribution < -0.4 is 20.2 Å². The van der Waals surface area contributed by atoms with E-state index in [2.05, 4.69) is 70.9 Å². The monoisotopic (exact) mass is 363 g/mol. The Morgan fingerprint density at radius 3 is 2.54 bits per heavy atom. The Hall–Kier alpha value is -1.19. The van der Waals surface area contributed by atoms with E-state index < -0.39 is 8.32 Å². The zero-order valence-electron chi connectivity index (χ0n) is 15.8. The number of hydrogen-bond donors (Lipinski definition) is 1. The van der Waals surface area contributed by atoms with E-state index in [9.17, 15) is 0 Å². The van der Waals surface area contributed by atoms with Crippen LogP contribution in [-0.4, -0.2) is 20.7 Å². The van der Waals surface area contributed by atoms with E-state index in [1.165, 1.54) is 10.8 Å². The highest BCUT2D eigenvalue weighted by Crippen LogP contribution is 2.38. The molecule has 1 heterocycles. The second-order valence-corrected chi connectivity index (χ2v) is 13.0. The molecular weight excluding hydrogens is 334 g/mol. The summed E-state index contributed by atoms with van der Waals surface area (Å²) in [6.45, 7) is 18.2. The highest BCUT2D eigenvalue weighted by atomic mass is 35.5. The third-order valence-corrected chi connectivity index (χ3v) is 10.0. The molecule has 24 heavy (non-hydrogen) atoms. The van der Waals surface area contributed by atoms with Crippen LogP contribution in [0.1, 0.15) is 39.2 Å². The summed E-state index contributed by atoms with van der Waals surface area (Å²) in [4.78, 5) is 0. The summed E-state index contributed by atoms with van der Waals surface area (Å²) in [6, 6.07) is 2.16. The Labute approximate surface area is 152 Å². The number of hydrogen-bond acceptors (Lipinski definition) is 2. The minimum absolute atomic E-state index is 0.158. The minimum Gasteiger partial charge on any atom is -0.543 e. The summed E-state index contributed by atoms with van der Waals surface area (Å²) < 4.78 is 6.65. The third kappa shape index (κ3) is 3.43. The summed E-state index contributed by atoms with van der Waals surface area (Å²) in [6.07, 6.45) is 6.07. The average Bonchev–Trinajstić information content (AvgIpc) is 2.88. The second kappa shape index (κ2) is 6.97. The summed E-state index contributed by atoms with van der Waals surface area (Å²) >= 11 is 6.19. The van der Waals surface area contributed by atoms with Crippen LogP contribution in [0.15, 0.2) is 18.7 Å². The molecule has 0 radical (unpaired) electrons. The molecule has 1 aliphatic rings. The van der Waals surface area contributed by atoms with E-state index in [1.807, 2.05) is 6.08 Å². The maximum absolute atomic E-state index is 6.65. The maximum Gasteiger partial charge on any atom is 0.250 e. The van der Waals surface area contributed by atoms with E-state index >= 15 is 0 Å². The summed E-state index contributed by atoms with van der Waals surface area (Å²) in [7, 11) is -1.91. The van der Waals surface area contributed by atoms with E-state index in [-0.39, 0.29) is 5.04 Å². The number of fused-ring (bicyclic) bond motifs is 1. The van der Waals surface area contributed by atoms with Gasteiger partial charge in [-0.25, -0.2) is 0 Å². The van der Waals surface area contributed by atoms with Crippen LogP contribution in [0.4, 0.5) is 5.69 Å². The lowest BCUT2D eigenvalue weighted by Crippen LogP contribution is -2.46. The van der Waals surface area contributed by atoms with Crippen molar-refractivity contribution in [1.82, 2.24) is 0 Å². The van der Waals surface area contributed by atoms with Gasteiger partial charge >= 0.3 is 0 Å². The topological polar surface area (TPSA) is 21.3 Å². The van der Waals surface area contributed by atoms with Crippen LogP contribution in [0.3, 0.4) is 0 Å². The maximum atomic E-state index is 6.65. The van der Waals surface area contributed by atoms with E-state index in [4.69, 9.17) is 16.0 Å². The molecule has 0 saturated carbocycles. The molecule has 4 heteroatoms. The fourth-order valence-electron chi connectivity index (χ4n) is 2.87. The molecule has 0 bridgehead atoms. The Bertz CT molecular complexity index is 746. The molecule has 1 atom stereocenters. The summed E-state index contributed by atoms with van der Waals surface area (Å²) in [5.41, 5.74) is 2.44. The lowest BCUT2D eigenvalue weighted by Gasteiger charge is -2.36. The molecule has 0 fully saturated rings. The number of nitrogens with one attached hydrogen (secondary N) is 1. The van der Waals surface area contributed by atoms with Gasteiger partial charge in [0, 0.05) is 35.3 Å². The highest BCUT2D eigenvalue weighted by Gasteiger charge is 2.39. The predicted molar refractivity (Wildman–Crippen MR) is 110 cm³/mol. The van der Waals surface area contributed by atoms with Crippen LogP contribution in [-0.2, 0) is 0 Å². The molecule has 0 saturated heterocycles. The number of allylic oxidation sites excluding steroid dienone is 1. The van der Waals surface area contributed by atoms with Gasteiger partial charge < -0.3 is 9.74 Å². The van der Waals surface area contributed by atoms with Gasteiger partial charge in [-0.3, -0.25) is 0 Å². The van der Waals surface area contributed by atoms with Gasteiger partial charge in [0.05, 0.1) is 0 Å². The predicted octanol–water partition coefficient (Wildman–Crippen LogP) is 4.59. The first-order valence-corrected chi connectivity index (χ1v) is 12.1. The van der Waals surface area contributed by atoms with Gasteiger partial charge in [-0.2, -0.15) is 0 Å². The Kier molecular flexibility index (Phi) is 5.56. The Balaban J connectivity index is 2.71. The zero-order valence-corrected chi connectivity index (χ0v) is 17.6. The first-order chi connectivity index (χ1) is 11.2. The van der Waals surface area contributed by atoms with Crippen molar-refractivity contribution in [3.63, 3.8) is 0 Å². The highest BCUT2D eigenvalue weighted by molar-refractivity contribution is 6.74. The standard InChI is InChI=1S/C20H30ClNOSi/c1-8-10-16-15(9-2)18(23-24(6,7)20(3,4)5)11-17-19(16)14(12-21)13-22-17/h8-11,14,22H,1,12-13H2,2-7H3/b15-9+,16-10+. The smallest absolute Gasteiger partial charge is 0.250 e. The van der Waals surface area contributed by atoms with Crippen LogP contribution in [0.25, 0.3) is 12.2 Å². The molecule has 0 amide bonds. The fraction of sp³-hybridized carbons (Fsp3) is 0.500. The van der Waals surface area contributed by atoms with Crippen LogP contribution in [0.5, 0.6) is 5.75 Å². The Morgan fingerprint density at radius 1 is 1.38 bits per heavy atom. The lowest BCUT2D eigenvalue weighted by atomic mass is 9.98. The van der Waals surface area contributed by atoms with Crippen molar-refractivity contribution in [3.05, 3.63) is 34.7 Å². The number of benzene rings is 1. The molecular formula is C20H30ClNOSi. The van der Waals surface area contributed by atoms with Crippen molar-refractivity contribution in [3.8, 4) is 5.75 Å². The normalized spacial score (nSPS) is 19.2. The van der Waals surface area contributed by atoms with Crippen molar-refractivity contribution in [2.45, 2.75) is 51.7 Å². The van der Waals surface area contributed by atoms with Gasteiger partial charge in [0.2, 0.25) is 0 Å². The quantitative estimate of drug-likeness (QED) is 0.624. The molecule has 0 spiro atoms. The molecule has 1 aromatic carbocycles. The molecule has 132 valence electrons. The van der Waals surface area contributed by atoms with E-state index in [1.54, 1.807) is 0 Å². The molecule has 1 aromatic rings. The van der Waals surface area contributed by atoms with Crippen LogP contribution in [0.2, 0.25) is 18.1 Å². The molecule has 2 rings (SSSR count). The van der Waals surface area contributed by atoms with Gasteiger partial charge in [0.1, 0.15) is 5.75 Å². The van der Waals surface area contributed by atoms with Crippen molar-refractivity contribution < 1.29 is 4.43 Å². The van der Waals surface area contributed by atoms with Crippen LogP contribution >= 0.6 is 11.6 Å². The first kappa shape index (κ1) is 19.1. The first-order valence-electron chi connectivity index (χ1n) is 8.61. The summed E-state index contributed by atoms with van der Waals surface area (Å²) in [5.74, 6) is 1.91. The van der Waals surface area contributed by atoms with Gasteiger partial charge in [0.25, 0.3) is 8.32 Å². The van der Waals surface area contributed by atoms with Gasteiger partial charge in [-0.05, 0) is 35.8 Å². The number of anilines is 1. The molecule has 2 nitrogen and oxygen atoms in total. The van der Waals surface area contributed by atoms with Crippen molar-refractivity contribution in [2.24, 2.45) is 0 Å². The second-order valence-electron chi connectivity index (χ2n) is 7.95. The van der Waals surface area contributed by atoms with Crippen molar-refractivity contribution >= 4 is 37.8 Å². The number of alkyl halides is 1. The van der Waals surface area contributed by atoms with Crippen molar-refractivity contribution in [2.75, 3.05) is 17.7 Å². The molecule has 0 aromatic heterocycles. The largest absolute Gasteiger partial charge is 0.543 e. The average molecular weight is 364 g/mol. The zero-order chi connectivity index (χ0) is 18.1. The van der Waals surface area contributed by atoms with Gasteiger partial charge in [-0.1, -0.05) is 45.6 Å². The number of rotatable bonds is 4. The van der Waals surface area contributed by atoms with E-state index in [0.29, 0.717) is 11.8 Å². The fourth-order valence-corrected chi connectivity index (χ4v) is 4.16.